The first-order valence-corrected chi connectivity index (χ1v) is 8.63. The number of carbonyl (C=O) groups excluding carboxylic acids is 1. The van der Waals surface area contributed by atoms with Crippen LogP contribution >= 0.6 is 0 Å². The first kappa shape index (κ1) is 16.1. The predicted octanol–water partition coefficient (Wildman–Crippen LogP) is 2.46. The van der Waals surface area contributed by atoms with Gasteiger partial charge in [-0.1, -0.05) is 0 Å². The summed E-state index contributed by atoms with van der Waals surface area (Å²) in [7, 11) is 0. The zero-order valence-electron chi connectivity index (χ0n) is 13.6. The van der Waals surface area contributed by atoms with Crippen LogP contribution < -0.4 is 0 Å². The molecule has 2 aliphatic rings. The maximum atomic E-state index is 11.9. The van der Waals surface area contributed by atoms with E-state index in [4.69, 9.17) is 4.74 Å². The van der Waals surface area contributed by atoms with E-state index in [1.165, 1.54) is 18.4 Å². The minimum absolute atomic E-state index is 0.0811. The number of piperidine rings is 1. The molecule has 3 rings (SSSR count). The lowest BCUT2D eigenvalue weighted by atomic mass is 9.91. The summed E-state index contributed by atoms with van der Waals surface area (Å²) in [5.74, 6) is 1.19. The lowest BCUT2D eigenvalue weighted by Gasteiger charge is -2.32. The van der Waals surface area contributed by atoms with Gasteiger partial charge in [-0.2, -0.15) is 0 Å². The number of ether oxygens (including phenoxy) is 1. The quantitative estimate of drug-likeness (QED) is 0.775. The van der Waals surface area contributed by atoms with Gasteiger partial charge in [0.05, 0.1) is 6.54 Å². The Balaban J connectivity index is 1.32. The van der Waals surface area contributed by atoms with Crippen LogP contribution in [0.5, 0.6) is 0 Å². The molecule has 23 heavy (non-hydrogen) atoms. The number of likely N-dealkylation sites (tertiary alicyclic amines) is 1. The molecule has 0 aromatic carbocycles. The van der Waals surface area contributed by atoms with Gasteiger partial charge in [-0.05, 0) is 62.4 Å². The molecule has 124 valence electrons. The fraction of sp³-hybridized carbons (Fsp3) is 0.611. The molecular weight excluding hydrogens is 290 g/mol. The smallest absolute Gasteiger partial charge is 0.253 e. The second-order valence-electron chi connectivity index (χ2n) is 6.43. The molecule has 0 amide bonds. The molecule has 0 saturated carbocycles. The van der Waals surface area contributed by atoms with Gasteiger partial charge in [0.1, 0.15) is 6.61 Å². The number of aromatic nitrogens is 1. The van der Waals surface area contributed by atoms with E-state index in [-0.39, 0.29) is 5.78 Å². The Morgan fingerprint density at radius 1 is 1.26 bits per heavy atom. The Hall–Kier alpha value is -1.75. The van der Waals surface area contributed by atoms with Gasteiger partial charge >= 0.3 is 0 Å². The summed E-state index contributed by atoms with van der Waals surface area (Å²) in [6, 6.07) is 4.18. The Kier molecular flexibility index (Phi) is 5.75. The largest absolute Gasteiger partial charge is 0.473 e. The van der Waals surface area contributed by atoms with Crippen molar-refractivity contribution in [2.45, 2.75) is 38.6 Å². The molecule has 0 aliphatic carbocycles. The highest BCUT2D eigenvalue weighted by Crippen LogP contribution is 2.23. The first-order chi connectivity index (χ1) is 11.3. The van der Waals surface area contributed by atoms with Crippen LogP contribution in [0.1, 0.15) is 37.7 Å². The molecule has 1 aromatic rings. The molecule has 0 spiro atoms. The summed E-state index contributed by atoms with van der Waals surface area (Å²) in [6.45, 7) is 4.52. The molecule has 1 aromatic heterocycles. The van der Waals surface area contributed by atoms with Gasteiger partial charge in [-0.15, -0.1) is 0 Å². The van der Waals surface area contributed by atoms with Crippen molar-refractivity contribution in [3.63, 3.8) is 0 Å². The summed E-state index contributed by atoms with van der Waals surface area (Å²) in [6.07, 6.45) is 8.86. The molecule has 5 nitrogen and oxygen atoms in total. The van der Waals surface area contributed by atoms with E-state index >= 15 is 0 Å². The van der Waals surface area contributed by atoms with Crippen LogP contribution in [0.3, 0.4) is 0 Å². The van der Waals surface area contributed by atoms with Crippen molar-refractivity contribution in [3.8, 4) is 0 Å². The van der Waals surface area contributed by atoms with E-state index in [0.717, 1.165) is 38.4 Å². The Labute approximate surface area is 137 Å². The first-order valence-electron chi connectivity index (χ1n) is 8.63. The highest BCUT2D eigenvalue weighted by Gasteiger charge is 2.21. The molecule has 0 atom stereocenters. The van der Waals surface area contributed by atoms with E-state index in [1.807, 2.05) is 12.4 Å². The lowest BCUT2D eigenvalue weighted by Crippen LogP contribution is -2.33. The van der Waals surface area contributed by atoms with Gasteiger partial charge in [-0.3, -0.25) is 14.7 Å². The fourth-order valence-electron chi connectivity index (χ4n) is 3.34. The standard InChI is InChI=1S/C18H25N3O2/c22-17(18-20-10-13-23-18)3-1-2-15-6-11-21(12-7-15)14-16-4-8-19-9-5-16/h4-5,8-9,15H,1-3,6-7,10-14H2. The summed E-state index contributed by atoms with van der Waals surface area (Å²) < 4.78 is 5.22. The highest BCUT2D eigenvalue weighted by molar-refractivity contribution is 6.36. The second kappa shape index (κ2) is 8.20. The van der Waals surface area contributed by atoms with E-state index in [0.29, 0.717) is 25.5 Å². The van der Waals surface area contributed by atoms with Gasteiger partial charge < -0.3 is 4.74 Å². The summed E-state index contributed by atoms with van der Waals surface area (Å²) >= 11 is 0. The van der Waals surface area contributed by atoms with Crippen LogP contribution in [-0.4, -0.2) is 47.8 Å². The Bertz CT molecular complexity index is 536. The third kappa shape index (κ3) is 4.86. The monoisotopic (exact) mass is 315 g/mol. The average Bonchev–Trinajstić information content (AvgIpc) is 3.12. The van der Waals surface area contributed by atoms with Crippen LogP contribution in [0, 0.1) is 5.92 Å². The summed E-state index contributed by atoms with van der Waals surface area (Å²) in [5.41, 5.74) is 1.33. The Morgan fingerprint density at radius 3 is 2.74 bits per heavy atom. The Morgan fingerprint density at radius 2 is 2.04 bits per heavy atom. The molecule has 0 unspecified atom stereocenters. The number of ketones is 1. The van der Waals surface area contributed by atoms with Gasteiger partial charge in [0.25, 0.3) is 5.90 Å². The van der Waals surface area contributed by atoms with Crippen molar-refractivity contribution in [3.05, 3.63) is 30.1 Å². The number of aliphatic imine (C=N–C) groups is 1. The van der Waals surface area contributed by atoms with E-state index in [2.05, 4.69) is 27.0 Å². The average molecular weight is 315 g/mol. The normalized spacial score (nSPS) is 19.4. The van der Waals surface area contributed by atoms with Gasteiger partial charge in [-0.25, -0.2) is 4.99 Å². The van der Waals surface area contributed by atoms with Crippen molar-refractivity contribution in [1.82, 2.24) is 9.88 Å². The lowest BCUT2D eigenvalue weighted by molar-refractivity contribution is -0.114. The summed E-state index contributed by atoms with van der Waals surface area (Å²) in [4.78, 5) is 22.5. The molecule has 0 radical (unpaired) electrons. The minimum Gasteiger partial charge on any atom is -0.473 e. The van der Waals surface area contributed by atoms with Crippen LogP contribution in [0.2, 0.25) is 0 Å². The molecule has 0 bridgehead atoms. The van der Waals surface area contributed by atoms with Crippen LogP contribution in [-0.2, 0) is 16.1 Å². The van der Waals surface area contributed by atoms with Crippen LogP contribution in [0.15, 0.2) is 29.5 Å². The van der Waals surface area contributed by atoms with Crippen molar-refractivity contribution >= 4 is 11.7 Å². The third-order valence-corrected chi connectivity index (χ3v) is 4.70. The van der Waals surface area contributed by atoms with Crippen LogP contribution in [0.4, 0.5) is 0 Å². The van der Waals surface area contributed by atoms with Crippen LogP contribution in [0.25, 0.3) is 0 Å². The fourth-order valence-corrected chi connectivity index (χ4v) is 3.34. The topological polar surface area (TPSA) is 54.8 Å². The molecule has 2 aliphatic heterocycles. The molecule has 1 saturated heterocycles. The number of pyridine rings is 1. The predicted molar refractivity (Wildman–Crippen MR) is 89.4 cm³/mol. The molecule has 5 heteroatoms. The number of Topliss-reactive ketones (excluding diaryl/α,β-unsaturated/α-hetero) is 1. The zero-order valence-corrected chi connectivity index (χ0v) is 13.6. The number of rotatable bonds is 7. The van der Waals surface area contributed by atoms with Crippen molar-refractivity contribution in [1.29, 1.82) is 0 Å². The molecule has 3 heterocycles. The van der Waals surface area contributed by atoms with Gasteiger partial charge in [0.15, 0.2) is 0 Å². The molecule has 0 N–H and O–H groups in total. The van der Waals surface area contributed by atoms with Crippen molar-refractivity contribution < 1.29 is 9.53 Å². The maximum Gasteiger partial charge on any atom is 0.253 e. The number of hydrogen-bond acceptors (Lipinski definition) is 5. The van der Waals surface area contributed by atoms with Crippen molar-refractivity contribution in [2.75, 3.05) is 26.2 Å². The molecular formula is C18H25N3O2. The maximum absolute atomic E-state index is 11.9. The van der Waals surface area contributed by atoms with E-state index in [9.17, 15) is 4.79 Å². The van der Waals surface area contributed by atoms with E-state index < -0.39 is 0 Å². The van der Waals surface area contributed by atoms with Crippen molar-refractivity contribution in [2.24, 2.45) is 10.9 Å². The molecule has 1 fully saturated rings. The number of nitrogens with zero attached hydrogens (tertiary/aromatic N) is 3. The summed E-state index contributed by atoms with van der Waals surface area (Å²) in [5, 5.41) is 0. The van der Waals surface area contributed by atoms with Gasteiger partial charge in [0, 0.05) is 25.4 Å². The zero-order chi connectivity index (χ0) is 15.9. The third-order valence-electron chi connectivity index (χ3n) is 4.70. The second-order valence-corrected chi connectivity index (χ2v) is 6.43. The highest BCUT2D eigenvalue weighted by atomic mass is 16.5. The number of carbonyl (C=O) groups is 1. The van der Waals surface area contributed by atoms with E-state index in [1.54, 1.807) is 0 Å². The van der Waals surface area contributed by atoms with Gasteiger partial charge in [0.2, 0.25) is 5.78 Å². The minimum atomic E-state index is 0.0811. The SMILES string of the molecule is O=C(CCCC1CCN(Cc2ccncc2)CC1)C1=NCCO1. The number of hydrogen-bond donors (Lipinski definition) is 0.